The lowest BCUT2D eigenvalue weighted by Gasteiger charge is -2.51. The minimum Gasteiger partial charge on any atom is -0.456 e. The summed E-state index contributed by atoms with van der Waals surface area (Å²) in [7, 11) is 1.56. The minimum atomic E-state index is -1.60. The maximum atomic E-state index is 13.2. The van der Waals surface area contributed by atoms with Crippen molar-refractivity contribution >= 4 is 5.97 Å². The van der Waals surface area contributed by atoms with E-state index in [4.69, 9.17) is 23.7 Å². The molecule has 3 saturated carbocycles. The van der Waals surface area contributed by atoms with Gasteiger partial charge >= 0.3 is 5.97 Å². The van der Waals surface area contributed by atoms with Crippen molar-refractivity contribution < 1.29 is 64.2 Å². The van der Waals surface area contributed by atoms with E-state index < -0.39 is 79.9 Å². The number of carbonyl (C=O) groups excluding carboxylic acids is 1. The number of hydrogen-bond donors (Lipinski definition) is 7. The topological polar surface area (TPSA) is 205 Å². The monoisotopic (exact) mass is 630 g/mol. The van der Waals surface area contributed by atoms with Crippen LogP contribution in [0.15, 0.2) is 12.2 Å². The van der Waals surface area contributed by atoms with Crippen LogP contribution >= 0.6 is 0 Å². The molecule has 252 valence electrons. The molecule has 0 amide bonds. The molecule has 0 aromatic heterocycles. The zero-order chi connectivity index (χ0) is 31.5. The van der Waals surface area contributed by atoms with E-state index in [9.17, 15) is 40.5 Å². The van der Waals surface area contributed by atoms with Crippen molar-refractivity contribution in [3.05, 3.63) is 12.2 Å². The number of aliphatic hydroxyl groups is 7. The quantitative estimate of drug-likeness (QED) is 0.131. The van der Waals surface area contributed by atoms with Crippen LogP contribution < -0.4 is 0 Å². The lowest BCUT2D eigenvalue weighted by atomic mass is 9.73. The van der Waals surface area contributed by atoms with E-state index in [-0.39, 0.29) is 36.4 Å². The van der Waals surface area contributed by atoms with Crippen LogP contribution in [-0.4, -0.2) is 135 Å². The SMILES string of the molecule is COC1CC(C=CC(=O)OC2CC3C(CC(O)CC3O[C@@H]3O[C@H](CO)[C@@H](O)[C@@H](O)[C@H]3O)OC2C2CCC(O)CC2)CCC1O. The van der Waals surface area contributed by atoms with E-state index in [1.54, 1.807) is 13.2 Å². The van der Waals surface area contributed by atoms with Gasteiger partial charge in [-0.15, -0.1) is 0 Å². The van der Waals surface area contributed by atoms with Crippen LogP contribution in [0.3, 0.4) is 0 Å². The smallest absolute Gasteiger partial charge is 0.330 e. The molecular formula is C31H50O13. The van der Waals surface area contributed by atoms with Gasteiger partial charge in [0.15, 0.2) is 6.29 Å². The Morgan fingerprint density at radius 1 is 0.795 bits per heavy atom. The fraction of sp³-hybridized carbons (Fsp3) is 0.903. The molecule has 0 bridgehead atoms. The van der Waals surface area contributed by atoms with E-state index in [1.807, 2.05) is 0 Å². The number of carbonyl (C=O) groups is 1. The molecule has 9 unspecified atom stereocenters. The molecule has 0 radical (unpaired) electrons. The Labute approximate surface area is 257 Å². The molecule has 2 aliphatic heterocycles. The number of fused-ring (bicyclic) bond motifs is 1. The molecule has 5 rings (SSSR count). The summed E-state index contributed by atoms with van der Waals surface area (Å²) in [5.41, 5.74) is 0. The van der Waals surface area contributed by atoms with Gasteiger partial charge in [-0.1, -0.05) is 6.08 Å². The summed E-state index contributed by atoms with van der Waals surface area (Å²) in [6.07, 6.45) is -2.66. The maximum Gasteiger partial charge on any atom is 0.330 e. The first-order valence-corrected chi connectivity index (χ1v) is 16.1. The molecule has 14 atom stereocenters. The normalized spacial score (nSPS) is 48.5. The molecule has 2 heterocycles. The van der Waals surface area contributed by atoms with Gasteiger partial charge in [0.25, 0.3) is 0 Å². The molecule has 13 heteroatoms. The highest BCUT2D eigenvalue weighted by Gasteiger charge is 2.52. The van der Waals surface area contributed by atoms with E-state index in [0.717, 1.165) is 6.42 Å². The van der Waals surface area contributed by atoms with Crippen molar-refractivity contribution in [2.75, 3.05) is 13.7 Å². The first kappa shape index (κ1) is 34.1. The second kappa shape index (κ2) is 15.1. The average molecular weight is 631 g/mol. The first-order chi connectivity index (χ1) is 21.1. The number of methoxy groups -OCH3 is 1. The van der Waals surface area contributed by atoms with E-state index in [0.29, 0.717) is 51.4 Å². The van der Waals surface area contributed by atoms with Crippen LogP contribution in [0.4, 0.5) is 0 Å². The Morgan fingerprint density at radius 3 is 2.25 bits per heavy atom. The molecular weight excluding hydrogens is 580 g/mol. The largest absolute Gasteiger partial charge is 0.456 e. The summed E-state index contributed by atoms with van der Waals surface area (Å²) in [5, 5.41) is 71.5. The van der Waals surface area contributed by atoms with E-state index >= 15 is 0 Å². The average Bonchev–Trinajstić information content (AvgIpc) is 3.01. The Kier molecular flexibility index (Phi) is 11.7. The standard InChI is InChI=1S/C31H50O13/c1-40-23-10-15(2-8-20(23)35)3-9-26(36)41-24-13-19-21(42-30(24)16-4-6-17(33)7-5-16)11-18(34)12-22(19)43-31-29(39)28(38)27(37)25(14-32)44-31/h3,9,15-25,27-35,37-39H,2,4-8,10-14H2,1H3/t15?,16?,17?,18?,19?,20?,21?,22?,23?,24?,25-,27-,28-,29-,30?,31-/m1/s1. The highest BCUT2D eigenvalue weighted by Crippen LogP contribution is 2.44. The maximum absolute atomic E-state index is 13.2. The number of aliphatic hydroxyl groups excluding tert-OH is 7. The summed E-state index contributed by atoms with van der Waals surface area (Å²) in [4.78, 5) is 13.2. The van der Waals surface area contributed by atoms with Crippen molar-refractivity contribution in [1.82, 2.24) is 0 Å². The summed E-state index contributed by atoms with van der Waals surface area (Å²) in [5.74, 6) is -0.748. The highest BCUT2D eigenvalue weighted by molar-refractivity contribution is 5.82. The first-order valence-electron chi connectivity index (χ1n) is 16.1. The summed E-state index contributed by atoms with van der Waals surface area (Å²) in [6, 6.07) is 0. The Hall–Kier alpha value is -1.23. The molecule has 3 aliphatic carbocycles. The lowest BCUT2D eigenvalue weighted by molar-refractivity contribution is -0.327. The van der Waals surface area contributed by atoms with Crippen LogP contribution in [0.2, 0.25) is 0 Å². The second-order valence-electron chi connectivity index (χ2n) is 13.4. The van der Waals surface area contributed by atoms with Gasteiger partial charge in [-0.3, -0.25) is 0 Å². The van der Waals surface area contributed by atoms with Gasteiger partial charge in [-0.25, -0.2) is 4.79 Å². The summed E-state index contributed by atoms with van der Waals surface area (Å²) in [6.45, 7) is -0.593. The predicted molar refractivity (Wildman–Crippen MR) is 152 cm³/mol. The Bertz CT molecular complexity index is 955. The molecule has 44 heavy (non-hydrogen) atoms. The third-order valence-electron chi connectivity index (χ3n) is 10.4. The summed E-state index contributed by atoms with van der Waals surface area (Å²) >= 11 is 0. The fourth-order valence-corrected chi connectivity index (χ4v) is 7.82. The summed E-state index contributed by atoms with van der Waals surface area (Å²) < 4.78 is 29.7. The van der Waals surface area contributed by atoms with Crippen molar-refractivity contribution in [3.63, 3.8) is 0 Å². The van der Waals surface area contributed by atoms with Crippen molar-refractivity contribution in [2.45, 2.75) is 144 Å². The van der Waals surface area contributed by atoms with Crippen LogP contribution in [-0.2, 0) is 28.5 Å². The number of rotatable bonds is 8. The highest BCUT2D eigenvalue weighted by atomic mass is 16.7. The number of hydrogen-bond acceptors (Lipinski definition) is 13. The third kappa shape index (κ3) is 7.83. The zero-order valence-electron chi connectivity index (χ0n) is 25.3. The van der Waals surface area contributed by atoms with E-state index in [1.165, 1.54) is 6.08 Å². The van der Waals surface area contributed by atoms with Crippen molar-refractivity contribution in [3.8, 4) is 0 Å². The van der Waals surface area contributed by atoms with Crippen LogP contribution in [0, 0.1) is 17.8 Å². The van der Waals surface area contributed by atoms with Crippen LogP contribution in [0.25, 0.3) is 0 Å². The van der Waals surface area contributed by atoms with Gasteiger partial charge in [0.05, 0.1) is 49.3 Å². The van der Waals surface area contributed by atoms with Gasteiger partial charge in [-0.05, 0) is 69.6 Å². The Morgan fingerprint density at radius 2 is 1.55 bits per heavy atom. The fourth-order valence-electron chi connectivity index (χ4n) is 7.82. The van der Waals surface area contributed by atoms with Crippen molar-refractivity contribution in [2.24, 2.45) is 17.8 Å². The zero-order valence-corrected chi connectivity index (χ0v) is 25.3. The molecule has 5 fully saturated rings. The number of ether oxygens (including phenoxy) is 5. The molecule has 0 aromatic rings. The van der Waals surface area contributed by atoms with Gasteiger partial charge in [0.1, 0.15) is 30.5 Å². The molecule has 13 nitrogen and oxygen atoms in total. The van der Waals surface area contributed by atoms with Crippen LogP contribution in [0.1, 0.15) is 64.2 Å². The van der Waals surface area contributed by atoms with Gasteiger partial charge in [-0.2, -0.15) is 0 Å². The van der Waals surface area contributed by atoms with Crippen LogP contribution in [0.5, 0.6) is 0 Å². The molecule has 5 aliphatic rings. The molecule has 7 N–H and O–H groups in total. The third-order valence-corrected chi connectivity index (χ3v) is 10.4. The molecule has 0 spiro atoms. The molecule has 2 saturated heterocycles. The Balaban J connectivity index is 1.30. The van der Waals surface area contributed by atoms with Gasteiger partial charge < -0.3 is 59.4 Å². The molecule has 0 aromatic carbocycles. The predicted octanol–water partition coefficient (Wildman–Crippen LogP) is -0.705. The van der Waals surface area contributed by atoms with Gasteiger partial charge in [0, 0.05) is 25.5 Å². The lowest BCUT2D eigenvalue weighted by Crippen LogP contribution is -2.61. The van der Waals surface area contributed by atoms with Crippen molar-refractivity contribution in [1.29, 1.82) is 0 Å². The second-order valence-corrected chi connectivity index (χ2v) is 13.4. The van der Waals surface area contributed by atoms with Gasteiger partial charge in [0.2, 0.25) is 0 Å². The minimum absolute atomic E-state index is 0.0484. The number of allylic oxidation sites excluding steroid dienone is 1. The van der Waals surface area contributed by atoms with E-state index in [2.05, 4.69) is 0 Å². The number of esters is 1.